The molecule has 4 rings (SSSR count). The molecule has 0 bridgehead atoms. The maximum Gasteiger partial charge on any atom is 0.234 e. The summed E-state index contributed by atoms with van der Waals surface area (Å²) >= 11 is 1.30. The minimum absolute atomic E-state index is 0.110. The number of nitrogens with zero attached hydrogens (tertiary/aromatic N) is 3. The summed E-state index contributed by atoms with van der Waals surface area (Å²) in [7, 11) is 0. The van der Waals surface area contributed by atoms with Gasteiger partial charge in [-0.25, -0.2) is 0 Å². The first kappa shape index (κ1) is 22.5. The third kappa shape index (κ3) is 5.78. The molecule has 0 fully saturated rings. The number of fused-ring (bicyclic) bond motifs is 1. The van der Waals surface area contributed by atoms with E-state index in [9.17, 15) is 9.59 Å². The van der Waals surface area contributed by atoms with Crippen LogP contribution in [0.1, 0.15) is 18.3 Å². The van der Waals surface area contributed by atoms with E-state index in [4.69, 9.17) is 0 Å². The van der Waals surface area contributed by atoms with Gasteiger partial charge in [0.25, 0.3) is 0 Å². The molecule has 8 heteroatoms. The van der Waals surface area contributed by atoms with Gasteiger partial charge in [0.05, 0.1) is 12.2 Å². The lowest BCUT2D eigenvalue weighted by molar-refractivity contribution is -0.116. The number of hydrogen-bond donors (Lipinski definition) is 2. The molecule has 33 heavy (non-hydrogen) atoms. The van der Waals surface area contributed by atoms with Crippen molar-refractivity contribution >= 4 is 45.7 Å². The van der Waals surface area contributed by atoms with Gasteiger partial charge < -0.3 is 15.2 Å². The van der Waals surface area contributed by atoms with Gasteiger partial charge in [-0.3, -0.25) is 9.59 Å². The average molecular weight is 460 g/mol. The molecule has 4 aromatic rings. The molecule has 1 aromatic heterocycles. The van der Waals surface area contributed by atoms with Gasteiger partial charge in [-0.15, -0.1) is 10.2 Å². The normalized spacial score (nSPS) is 10.8. The van der Waals surface area contributed by atoms with Crippen LogP contribution >= 0.6 is 11.8 Å². The van der Waals surface area contributed by atoms with Gasteiger partial charge in [0.1, 0.15) is 5.82 Å². The van der Waals surface area contributed by atoms with E-state index in [0.717, 1.165) is 27.7 Å². The van der Waals surface area contributed by atoms with Crippen LogP contribution in [-0.2, 0) is 22.6 Å². The number of benzene rings is 3. The van der Waals surface area contributed by atoms with Gasteiger partial charge >= 0.3 is 0 Å². The standard InChI is InChI=1S/C25H25N5O2S/c1-3-30-22(15-23(31)26-20-11-8-17(2)9-12-20)28-29-25(30)33-16-24(32)27-21-13-10-18-6-4-5-7-19(18)14-21/h4-14H,3,15-16H2,1-2H3,(H,26,31)(H,27,32). The highest BCUT2D eigenvalue weighted by Gasteiger charge is 2.16. The van der Waals surface area contributed by atoms with E-state index >= 15 is 0 Å². The Hall–Kier alpha value is -3.65. The molecule has 168 valence electrons. The molecule has 0 aliphatic heterocycles. The Morgan fingerprint density at radius 3 is 2.33 bits per heavy atom. The van der Waals surface area contributed by atoms with Gasteiger partial charge in [-0.05, 0) is 48.9 Å². The van der Waals surface area contributed by atoms with Crippen LogP contribution in [-0.4, -0.2) is 32.3 Å². The van der Waals surface area contributed by atoms with Crippen molar-refractivity contribution in [3.63, 3.8) is 0 Å². The molecule has 0 spiro atoms. The predicted octanol–water partition coefficient (Wildman–Crippen LogP) is 4.67. The summed E-state index contributed by atoms with van der Waals surface area (Å²) in [5, 5.41) is 17.0. The minimum atomic E-state index is -0.161. The number of amides is 2. The number of carbonyl (C=O) groups excluding carboxylic acids is 2. The molecular formula is C25H25N5O2S. The van der Waals surface area contributed by atoms with Crippen LogP contribution in [0.15, 0.2) is 71.9 Å². The van der Waals surface area contributed by atoms with E-state index < -0.39 is 0 Å². The molecule has 0 saturated carbocycles. The number of aromatic nitrogens is 3. The summed E-state index contributed by atoms with van der Waals surface area (Å²) in [6.45, 7) is 4.56. The van der Waals surface area contributed by atoms with E-state index in [1.54, 1.807) is 0 Å². The summed E-state index contributed by atoms with van der Waals surface area (Å²) in [4.78, 5) is 24.9. The Bertz CT molecular complexity index is 1280. The molecule has 0 aliphatic rings. The zero-order valence-corrected chi connectivity index (χ0v) is 19.4. The molecule has 0 aliphatic carbocycles. The lowest BCUT2D eigenvalue weighted by Crippen LogP contribution is -2.18. The first-order chi connectivity index (χ1) is 16.0. The molecule has 3 aromatic carbocycles. The SMILES string of the molecule is CCn1c(CC(=O)Nc2ccc(C)cc2)nnc1SCC(=O)Nc1ccc2ccccc2c1. The van der Waals surface area contributed by atoms with Crippen LogP contribution in [0.25, 0.3) is 10.8 Å². The predicted molar refractivity (Wildman–Crippen MR) is 133 cm³/mol. The van der Waals surface area contributed by atoms with Crippen LogP contribution in [0.4, 0.5) is 11.4 Å². The monoisotopic (exact) mass is 459 g/mol. The number of nitrogens with one attached hydrogen (secondary N) is 2. The van der Waals surface area contributed by atoms with Crippen molar-refractivity contribution in [3.05, 3.63) is 78.1 Å². The number of rotatable bonds is 8. The topological polar surface area (TPSA) is 88.9 Å². The fraction of sp³-hybridized carbons (Fsp3) is 0.200. The summed E-state index contributed by atoms with van der Waals surface area (Å²) in [6, 6.07) is 21.5. The second kappa shape index (κ2) is 10.3. The maximum absolute atomic E-state index is 12.5. The van der Waals surface area contributed by atoms with Crippen molar-refractivity contribution < 1.29 is 9.59 Å². The van der Waals surface area contributed by atoms with Gasteiger partial charge in [0.15, 0.2) is 5.16 Å². The molecule has 2 N–H and O–H groups in total. The molecule has 0 unspecified atom stereocenters. The van der Waals surface area contributed by atoms with E-state index in [1.165, 1.54) is 11.8 Å². The van der Waals surface area contributed by atoms with Gasteiger partial charge in [-0.2, -0.15) is 0 Å². The van der Waals surface area contributed by atoms with E-state index in [0.29, 0.717) is 17.5 Å². The second-order valence-corrected chi connectivity index (χ2v) is 8.58. The van der Waals surface area contributed by atoms with Gasteiger partial charge in [0, 0.05) is 17.9 Å². The third-order valence-corrected chi connectivity index (χ3v) is 6.10. The molecule has 0 atom stereocenters. The second-order valence-electron chi connectivity index (χ2n) is 7.63. The number of hydrogen-bond acceptors (Lipinski definition) is 5. The van der Waals surface area contributed by atoms with Gasteiger partial charge in [-0.1, -0.05) is 59.8 Å². The number of anilines is 2. The maximum atomic E-state index is 12.5. The zero-order valence-electron chi connectivity index (χ0n) is 18.5. The highest BCUT2D eigenvalue weighted by Crippen LogP contribution is 2.21. The Kier molecular flexibility index (Phi) is 7.04. The number of aryl methyl sites for hydroxylation is 1. The highest BCUT2D eigenvalue weighted by molar-refractivity contribution is 7.99. The van der Waals surface area contributed by atoms with E-state index in [-0.39, 0.29) is 24.0 Å². The average Bonchev–Trinajstić information content (AvgIpc) is 3.20. The van der Waals surface area contributed by atoms with Crippen LogP contribution < -0.4 is 10.6 Å². The van der Waals surface area contributed by atoms with Crippen molar-refractivity contribution in [1.82, 2.24) is 14.8 Å². The van der Waals surface area contributed by atoms with Crippen molar-refractivity contribution in [2.75, 3.05) is 16.4 Å². The summed E-state index contributed by atoms with van der Waals surface area (Å²) < 4.78 is 1.86. The smallest absolute Gasteiger partial charge is 0.234 e. The minimum Gasteiger partial charge on any atom is -0.326 e. The Labute approximate surface area is 196 Å². The van der Waals surface area contributed by atoms with Crippen molar-refractivity contribution in [2.24, 2.45) is 0 Å². The third-order valence-electron chi connectivity index (χ3n) is 5.13. The van der Waals surface area contributed by atoms with Crippen molar-refractivity contribution in [3.8, 4) is 0 Å². The molecule has 7 nitrogen and oxygen atoms in total. The number of carbonyl (C=O) groups is 2. The molecule has 0 saturated heterocycles. The van der Waals surface area contributed by atoms with Crippen LogP contribution in [0, 0.1) is 6.92 Å². The lowest BCUT2D eigenvalue weighted by Gasteiger charge is -2.09. The molecule has 0 radical (unpaired) electrons. The fourth-order valence-corrected chi connectivity index (χ4v) is 4.28. The highest BCUT2D eigenvalue weighted by atomic mass is 32.2. The Balaban J connectivity index is 1.34. The summed E-state index contributed by atoms with van der Waals surface area (Å²) in [5.41, 5.74) is 2.63. The first-order valence-corrected chi connectivity index (χ1v) is 11.7. The quantitative estimate of drug-likeness (QED) is 0.374. The summed E-state index contributed by atoms with van der Waals surface area (Å²) in [5.74, 6) is 0.478. The zero-order chi connectivity index (χ0) is 23.2. The Morgan fingerprint density at radius 2 is 1.58 bits per heavy atom. The Morgan fingerprint density at radius 1 is 0.879 bits per heavy atom. The van der Waals surface area contributed by atoms with Gasteiger partial charge in [0.2, 0.25) is 11.8 Å². The largest absolute Gasteiger partial charge is 0.326 e. The molecular weight excluding hydrogens is 434 g/mol. The van der Waals surface area contributed by atoms with E-state index in [2.05, 4.69) is 20.8 Å². The van der Waals surface area contributed by atoms with Crippen molar-refractivity contribution in [2.45, 2.75) is 32.0 Å². The van der Waals surface area contributed by atoms with Crippen LogP contribution in [0.2, 0.25) is 0 Å². The van der Waals surface area contributed by atoms with Crippen LogP contribution in [0.5, 0.6) is 0 Å². The lowest BCUT2D eigenvalue weighted by atomic mass is 10.1. The first-order valence-electron chi connectivity index (χ1n) is 10.7. The molecule has 1 heterocycles. The van der Waals surface area contributed by atoms with E-state index in [1.807, 2.05) is 85.1 Å². The van der Waals surface area contributed by atoms with Crippen LogP contribution in [0.3, 0.4) is 0 Å². The number of thioether (sulfide) groups is 1. The summed E-state index contributed by atoms with van der Waals surface area (Å²) in [6.07, 6.45) is 0.110. The van der Waals surface area contributed by atoms with Crippen molar-refractivity contribution in [1.29, 1.82) is 0 Å². The molecule has 2 amide bonds. The fourth-order valence-electron chi connectivity index (χ4n) is 3.45.